The Labute approximate surface area is 229 Å². The van der Waals surface area contributed by atoms with Crippen LogP contribution in [0.1, 0.15) is 130 Å². The summed E-state index contributed by atoms with van der Waals surface area (Å²) in [7, 11) is 0. The van der Waals surface area contributed by atoms with Crippen LogP contribution >= 0.6 is 0 Å². The van der Waals surface area contributed by atoms with E-state index in [4.69, 9.17) is 9.47 Å². The topological polar surface area (TPSA) is 93.1 Å². The van der Waals surface area contributed by atoms with Crippen molar-refractivity contribution in [2.45, 2.75) is 121 Å². The maximum absolute atomic E-state index is 12.2. The van der Waals surface area contributed by atoms with E-state index in [0.717, 1.165) is 103 Å². The van der Waals surface area contributed by atoms with E-state index in [1.807, 2.05) is 0 Å². The third-order valence-electron chi connectivity index (χ3n) is 6.98. The summed E-state index contributed by atoms with van der Waals surface area (Å²) in [5, 5.41) is 20.3. The minimum atomic E-state index is -0.483. The van der Waals surface area contributed by atoms with Gasteiger partial charge in [-0.3, -0.25) is 0 Å². The molecule has 2 bridgehead atoms. The highest BCUT2D eigenvalue weighted by molar-refractivity contribution is 5.93. The standard InChI is InChI=1S/C32H49O6/c33-29-17-13-9-5-1-3-7-11-15-25-37-31(35)27-19-21-28(22-20-27)32(36)38-26-16-12-8-4-2-6-10-14-18-30(34)24-23-29/h1,19-24,29-30,33-34H,2-18,25-26H2/q+1/b24-23-. The largest absolute Gasteiger partial charge is 0.462 e. The molecule has 0 fully saturated rings. The van der Waals surface area contributed by atoms with Gasteiger partial charge in [-0.15, -0.1) is 0 Å². The van der Waals surface area contributed by atoms with Crippen LogP contribution in [0.2, 0.25) is 0 Å². The molecule has 2 heterocycles. The summed E-state index contributed by atoms with van der Waals surface area (Å²) < 4.78 is 10.7. The van der Waals surface area contributed by atoms with Crippen molar-refractivity contribution in [2.24, 2.45) is 0 Å². The van der Waals surface area contributed by atoms with Gasteiger partial charge in [-0.05, 0) is 75.6 Å². The minimum Gasteiger partial charge on any atom is -0.462 e. The van der Waals surface area contributed by atoms with Gasteiger partial charge >= 0.3 is 11.9 Å². The summed E-state index contributed by atoms with van der Waals surface area (Å²) in [6.07, 6.45) is 21.9. The van der Waals surface area contributed by atoms with Gasteiger partial charge in [0, 0.05) is 0 Å². The quantitative estimate of drug-likeness (QED) is 0.211. The van der Waals surface area contributed by atoms with E-state index in [9.17, 15) is 19.8 Å². The van der Waals surface area contributed by atoms with E-state index in [1.165, 1.54) is 6.42 Å². The van der Waals surface area contributed by atoms with Crippen molar-refractivity contribution in [3.8, 4) is 0 Å². The van der Waals surface area contributed by atoms with Gasteiger partial charge in [0.15, 0.2) is 0 Å². The van der Waals surface area contributed by atoms with Gasteiger partial charge < -0.3 is 19.7 Å². The SMILES string of the molecule is O=C1OCCCCC[CH+]CCCCC(O)/C=C\C(O)CCCCCCCCCCOC(=O)c2ccc1cc2. The predicted octanol–water partition coefficient (Wildman–Crippen LogP) is 7.13. The van der Waals surface area contributed by atoms with Crippen molar-refractivity contribution in [2.75, 3.05) is 13.2 Å². The number of fused-ring (bicyclic) bond motifs is 28. The second-order valence-corrected chi connectivity index (χ2v) is 10.4. The van der Waals surface area contributed by atoms with E-state index in [2.05, 4.69) is 6.42 Å². The van der Waals surface area contributed by atoms with Gasteiger partial charge in [0.25, 0.3) is 0 Å². The Hall–Kier alpha value is -2.31. The molecule has 2 aliphatic heterocycles. The zero-order valence-electron chi connectivity index (χ0n) is 23.2. The smallest absolute Gasteiger partial charge is 0.338 e. The summed E-state index contributed by atoms with van der Waals surface area (Å²) in [6.45, 7) is 0.795. The zero-order chi connectivity index (χ0) is 27.3. The molecule has 0 saturated heterocycles. The lowest BCUT2D eigenvalue weighted by molar-refractivity contribution is 0.0483. The van der Waals surface area contributed by atoms with E-state index in [-0.39, 0.29) is 11.9 Å². The molecule has 3 rings (SSSR count). The van der Waals surface area contributed by atoms with Crippen molar-refractivity contribution < 1.29 is 29.3 Å². The highest BCUT2D eigenvalue weighted by Gasteiger charge is 2.11. The fourth-order valence-electron chi connectivity index (χ4n) is 4.56. The van der Waals surface area contributed by atoms with E-state index in [1.54, 1.807) is 36.4 Å². The van der Waals surface area contributed by atoms with Crippen molar-refractivity contribution in [1.82, 2.24) is 0 Å². The maximum Gasteiger partial charge on any atom is 0.338 e. The predicted molar refractivity (Wildman–Crippen MR) is 151 cm³/mol. The number of benzene rings is 1. The number of hydrogen-bond donors (Lipinski definition) is 2. The van der Waals surface area contributed by atoms with Gasteiger partial charge in [0.05, 0.1) is 55.8 Å². The summed E-state index contributed by atoms with van der Waals surface area (Å²) in [5.74, 6) is -0.728. The lowest BCUT2D eigenvalue weighted by Gasteiger charge is -2.08. The lowest BCUT2D eigenvalue weighted by Crippen LogP contribution is -2.09. The zero-order valence-corrected chi connectivity index (χ0v) is 23.2. The number of aliphatic hydroxyl groups is 2. The molecule has 2 N–H and O–H groups in total. The van der Waals surface area contributed by atoms with Crippen molar-refractivity contribution in [3.05, 3.63) is 54.0 Å². The first kappa shape index (κ1) is 31.9. The molecular weight excluding hydrogens is 480 g/mol. The molecule has 6 heteroatoms. The molecule has 0 spiro atoms. The van der Waals surface area contributed by atoms with Crippen LogP contribution < -0.4 is 0 Å². The van der Waals surface area contributed by atoms with E-state index < -0.39 is 12.2 Å². The van der Waals surface area contributed by atoms with E-state index >= 15 is 0 Å². The average Bonchev–Trinajstić information content (AvgIpc) is 2.92. The van der Waals surface area contributed by atoms with Gasteiger partial charge in [0.2, 0.25) is 0 Å². The first-order chi connectivity index (χ1) is 18.6. The average molecular weight is 530 g/mol. The lowest BCUT2D eigenvalue weighted by atomic mass is 10.0. The van der Waals surface area contributed by atoms with Crippen molar-refractivity contribution in [1.29, 1.82) is 0 Å². The number of carbonyl (C=O) groups excluding carboxylic acids is 2. The van der Waals surface area contributed by atoms with Crippen LogP contribution in [0, 0.1) is 6.42 Å². The Bertz CT molecular complexity index is 723. The minimum absolute atomic E-state index is 0.362. The fraction of sp³-hybridized carbons (Fsp3) is 0.656. The third kappa shape index (κ3) is 15.2. The van der Waals surface area contributed by atoms with Crippen molar-refractivity contribution in [3.63, 3.8) is 0 Å². The van der Waals surface area contributed by atoms with Crippen LogP contribution in [0.3, 0.4) is 0 Å². The highest BCUT2D eigenvalue weighted by Crippen LogP contribution is 2.14. The molecule has 2 aliphatic rings. The summed E-state index contributed by atoms with van der Waals surface area (Å²) in [6, 6.07) is 6.47. The first-order valence-corrected chi connectivity index (χ1v) is 14.9. The Morgan fingerprint density at radius 3 is 1.42 bits per heavy atom. The van der Waals surface area contributed by atoms with Crippen LogP contribution in [-0.2, 0) is 9.47 Å². The van der Waals surface area contributed by atoms with Gasteiger partial charge in [-0.25, -0.2) is 9.59 Å². The van der Waals surface area contributed by atoms with Gasteiger partial charge in [-0.1, -0.05) is 57.1 Å². The molecule has 2 unspecified atom stereocenters. The van der Waals surface area contributed by atoms with Gasteiger partial charge in [0.1, 0.15) is 0 Å². The molecule has 1 aromatic rings. The van der Waals surface area contributed by atoms with Crippen LogP contribution in [0.25, 0.3) is 0 Å². The summed E-state index contributed by atoms with van der Waals surface area (Å²) in [5.41, 5.74) is 0.887. The number of hydrogen-bond acceptors (Lipinski definition) is 6. The third-order valence-corrected chi connectivity index (χ3v) is 6.98. The normalized spacial score (nSPS) is 24.6. The second kappa shape index (κ2) is 20.6. The molecule has 0 aromatic heterocycles. The van der Waals surface area contributed by atoms with Crippen LogP contribution in [0.5, 0.6) is 0 Å². The number of rotatable bonds is 0. The highest BCUT2D eigenvalue weighted by atomic mass is 16.5. The van der Waals surface area contributed by atoms with E-state index in [0.29, 0.717) is 24.3 Å². The molecule has 0 radical (unpaired) electrons. The second-order valence-electron chi connectivity index (χ2n) is 10.4. The molecule has 212 valence electrons. The number of carbonyl (C=O) groups is 2. The Balaban J connectivity index is 1.73. The Morgan fingerprint density at radius 1 is 0.553 bits per heavy atom. The fourth-order valence-corrected chi connectivity index (χ4v) is 4.56. The maximum atomic E-state index is 12.2. The molecule has 2 atom stereocenters. The summed E-state index contributed by atoms with van der Waals surface area (Å²) in [4.78, 5) is 24.5. The number of ether oxygens (including phenoxy) is 2. The molecule has 38 heavy (non-hydrogen) atoms. The molecule has 1 aromatic carbocycles. The molecule has 0 saturated carbocycles. The van der Waals surface area contributed by atoms with Gasteiger partial charge in [-0.2, -0.15) is 0 Å². The molecule has 0 amide bonds. The first-order valence-electron chi connectivity index (χ1n) is 14.9. The van der Waals surface area contributed by atoms with Crippen LogP contribution in [-0.4, -0.2) is 47.6 Å². The molecule has 6 nitrogen and oxygen atoms in total. The monoisotopic (exact) mass is 529 g/mol. The number of aliphatic hydroxyl groups excluding tert-OH is 2. The number of esters is 2. The van der Waals surface area contributed by atoms with Crippen LogP contribution in [0.4, 0.5) is 0 Å². The Morgan fingerprint density at radius 2 is 0.921 bits per heavy atom. The molecule has 0 aliphatic carbocycles. The molecular formula is C32H49O6+. The van der Waals surface area contributed by atoms with Crippen LogP contribution in [0.15, 0.2) is 36.4 Å². The van der Waals surface area contributed by atoms with Crippen molar-refractivity contribution >= 4 is 11.9 Å². The Kier molecular flexibility index (Phi) is 17.3. The summed E-state index contributed by atoms with van der Waals surface area (Å²) >= 11 is 0.